The summed E-state index contributed by atoms with van der Waals surface area (Å²) in [6, 6.07) is 9.54. The van der Waals surface area contributed by atoms with Crippen molar-refractivity contribution in [3.8, 4) is 5.75 Å². The van der Waals surface area contributed by atoms with Crippen LogP contribution in [0.25, 0.3) is 0 Å². The minimum atomic E-state index is -0.303. The van der Waals surface area contributed by atoms with E-state index in [-0.39, 0.29) is 12.5 Å². The van der Waals surface area contributed by atoms with Crippen LogP contribution in [0.4, 0.5) is 0 Å². The molecule has 0 atom stereocenters. The predicted molar refractivity (Wildman–Crippen MR) is 91.1 cm³/mol. The summed E-state index contributed by atoms with van der Waals surface area (Å²) in [5.74, 6) is 0.406. The zero-order valence-corrected chi connectivity index (χ0v) is 14.2. The number of carbonyl (C=O) groups is 1. The Morgan fingerprint density at radius 2 is 2.09 bits per heavy atom. The number of nitrogens with zero attached hydrogens (tertiary/aromatic N) is 1. The molecule has 6 heteroatoms. The smallest absolute Gasteiger partial charge is 0.277 e. The molecule has 0 aliphatic heterocycles. The molecule has 1 N–H and O–H groups in total. The maximum absolute atomic E-state index is 11.8. The number of carbonyl (C=O) groups excluding carboxylic acids is 1. The lowest BCUT2D eigenvalue weighted by molar-refractivity contribution is -0.123. The van der Waals surface area contributed by atoms with Crippen LogP contribution in [0.15, 0.2) is 35.4 Å². The van der Waals surface area contributed by atoms with E-state index in [4.69, 9.17) is 16.3 Å². The van der Waals surface area contributed by atoms with E-state index in [1.807, 2.05) is 45.0 Å². The van der Waals surface area contributed by atoms with Crippen molar-refractivity contribution in [2.45, 2.75) is 20.8 Å². The fourth-order valence-corrected chi connectivity index (χ4v) is 2.74. The van der Waals surface area contributed by atoms with Crippen LogP contribution in [-0.2, 0) is 4.79 Å². The number of benzene rings is 1. The molecule has 1 heterocycles. The third-order valence-electron chi connectivity index (χ3n) is 2.98. The van der Waals surface area contributed by atoms with Gasteiger partial charge >= 0.3 is 0 Å². The Kier molecular flexibility index (Phi) is 5.57. The minimum absolute atomic E-state index is 0.0771. The summed E-state index contributed by atoms with van der Waals surface area (Å²) >= 11 is 7.28. The average molecular weight is 337 g/mol. The third-order valence-corrected chi connectivity index (χ3v) is 4.32. The molecule has 0 aliphatic carbocycles. The summed E-state index contributed by atoms with van der Waals surface area (Å²) < 4.78 is 6.21. The van der Waals surface area contributed by atoms with Crippen LogP contribution in [0.5, 0.6) is 5.75 Å². The van der Waals surface area contributed by atoms with Gasteiger partial charge in [0.2, 0.25) is 0 Å². The number of halogens is 1. The zero-order valence-electron chi connectivity index (χ0n) is 12.6. The highest BCUT2D eigenvalue weighted by molar-refractivity contribution is 7.18. The molecule has 0 unspecified atom stereocenters. The van der Waals surface area contributed by atoms with Gasteiger partial charge in [-0.05, 0) is 50.1 Å². The SMILES string of the molecule is CC(=NNC(=O)COc1cc(C)ccc1C)c1ccc(Cl)s1. The van der Waals surface area contributed by atoms with Gasteiger partial charge < -0.3 is 4.74 Å². The maximum Gasteiger partial charge on any atom is 0.277 e. The Morgan fingerprint density at radius 1 is 1.32 bits per heavy atom. The van der Waals surface area contributed by atoms with Crippen molar-refractivity contribution < 1.29 is 9.53 Å². The monoisotopic (exact) mass is 336 g/mol. The molecule has 0 fully saturated rings. The Hall–Kier alpha value is -1.85. The molecular weight excluding hydrogens is 320 g/mol. The van der Waals surface area contributed by atoms with Crippen molar-refractivity contribution in [2.75, 3.05) is 6.61 Å². The highest BCUT2D eigenvalue weighted by Gasteiger charge is 2.06. The minimum Gasteiger partial charge on any atom is -0.483 e. The van der Waals surface area contributed by atoms with Crippen LogP contribution in [0.2, 0.25) is 4.34 Å². The molecule has 2 aromatic rings. The topological polar surface area (TPSA) is 50.7 Å². The second-order valence-corrected chi connectivity index (χ2v) is 6.61. The van der Waals surface area contributed by atoms with Crippen molar-refractivity contribution in [1.82, 2.24) is 5.43 Å². The summed E-state index contributed by atoms with van der Waals surface area (Å²) in [5.41, 5.74) is 5.27. The maximum atomic E-state index is 11.8. The van der Waals surface area contributed by atoms with Crippen molar-refractivity contribution >= 4 is 34.6 Å². The summed E-state index contributed by atoms with van der Waals surface area (Å²) in [7, 11) is 0. The van der Waals surface area contributed by atoms with Crippen LogP contribution in [0.3, 0.4) is 0 Å². The standard InChI is InChI=1S/C16H17ClN2O2S/c1-10-4-5-11(2)13(8-10)21-9-16(20)19-18-12(3)14-6-7-15(17)22-14/h4-8H,9H2,1-3H3,(H,19,20). The van der Waals surface area contributed by atoms with E-state index in [9.17, 15) is 4.79 Å². The molecule has 2 rings (SSSR count). The summed E-state index contributed by atoms with van der Waals surface area (Å²) in [6.45, 7) is 5.65. The molecule has 116 valence electrons. The Morgan fingerprint density at radius 3 is 2.77 bits per heavy atom. The van der Waals surface area contributed by atoms with Gasteiger partial charge in [-0.3, -0.25) is 4.79 Å². The highest BCUT2D eigenvalue weighted by atomic mass is 35.5. The van der Waals surface area contributed by atoms with Crippen molar-refractivity contribution in [3.63, 3.8) is 0 Å². The number of thiophene rings is 1. The number of amides is 1. The second kappa shape index (κ2) is 7.42. The van der Waals surface area contributed by atoms with E-state index in [0.29, 0.717) is 15.8 Å². The number of rotatable bonds is 5. The van der Waals surface area contributed by atoms with E-state index < -0.39 is 0 Å². The first-order valence-electron chi connectivity index (χ1n) is 6.74. The lowest BCUT2D eigenvalue weighted by atomic mass is 10.1. The molecule has 0 spiro atoms. The first-order valence-corrected chi connectivity index (χ1v) is 7.94. The van der Waals surface area contributed by atoms with Crippen LogP contribution in [0, 0.1) is 13.8 Å². The molecule has 1 aromatic heterocycles. The van der Waals surface area contributed by atoms with E-state index in [2.05, 4.69) is 10.5 Å². The van der Waals surface area contributed by atoms with Crippen LogP contribution < -0.4 is 10.2 Å². The first-order chi connectivity index (χ1) is 10.5. The Balaban J connectivity index is 1.89. The van der Waals surface area contributed by atoms with Gasteiger partial charge in [-0.15, -0.1) is 11.3 Å². The van der Waals surface area contributed by atoms with Crippen LogP contribution in [0.1, 0.15) is 22.9 Å². The first kappa shape index (κ1) is 16.5. The van der Waals surface area contributed by atoms with Crippen molar-refractivity contribution in [3.05, 3.63) is 50.7 Å². The third kappa shape index (κ3) is 4.58. The number of aryl methyl sites for hydroxylation is 2. The van der Waals surface area contributed by atoms with E-state index in [1.54, 1.807) is 6.07 Å². The molecule has 0 saturated heterocycles. The van der Waals surface area contributed by atoms with Gasteiger partial charge in [0.15, 0.2) is 6.61 Å². The van der Waals surface area contributed by atoms with E-state index >= 15 is 0 Å². The molecule has 0 aliphatic rings. The van der Waals surface area contributed by atoms with Gasteiger partial charge in [0.1, 0.15) is 5.75 Å². The number of hydrogen-bond acceptors (Lipinski definition) is 4. The fraction of sp³-hybridized carbons (Fsp3) is 0.250. The van der Waals surface area contributed by atoms with Crippen molar-refractivity contribution in [2.24, 2.45) is 5.10 Å². The number of nitrogens with one attached hydrogen (secondary N) is 1. The number of hydrazone groups is 1. The number of ether oxygens (including phenoxy) is 1. The Bertz CT molecular complexity index is 710. The Labute approximate surface area is 138 Å². The average Bonchev–Trinajstić information content (AvgIpc) is 2.92. The predicted octanol–water partition coefficient (Wildman–Crippen LogP) is 3.94. The number of hydrogen-bond donors (Lipinski definition) is 1. The van der Waals surface area contributed by atoms with Gasteiger partial charge in [0.05, 0.1) is 14.9 Å². The van der Waals surface area contributed by atoms with E-state index in [1.165, 1.54) is 11.3 Å². The molecule has 0 saturated carbocycles. The molecule has 1 aromatic carbocycles. The quantitative estimate of drug-likeness (QED) is 0.664. The lowest BCUT2D eigenvalue weighted by Crippen LogP contribution is -2.25. The fourth-order valence-electron chi connectivity index (χ4n) is 1.75. The van der Waals surface area contributed by atoms with Gasteiger partial charge in [-0.1, -0.05) is 23.7 Å². The zero-order chi connectivity index (χ0) is 16.1. The molecule has 22 heavy (non-hydrogen) atoms. The largest absolute Gasteiger partial charge is 0.483 e. The van der Waals surface area contributed by atoms with Gasteiger partial charge in [-0.25, -0.2) is 5.43 Å². The molecule has 1 amide bonds. The van der Waals surface area contributed by atoms with Gasteiger partial charge in [0, 0.05) is 0 Å². The van der Waals surface area contributed by atoms with Gasteiger partial charge in [-0.2, -0.15) is 5.10 Å². The highest BCUT2D eigenvalue weighted by Crippen LogP contribution is 2.22. The summed E-state index contributed by atoms with van der Waals surface area (Å²) in [4.78, 5) is 12.7. The normalized spacial score (nSPS) is 11.4. The molecular formula is C16H17ClN2O2S. The molecule has 0 radical (unpaired) electrons. The van der Waals surface area contributed by atoms with Crippen molar-refractivity contribution in [1.29, 1.82) is 0 Å². The van der Waals surface area contributed by atoms with E-state index in [0.717, 1.165) is 16.0 Å². The van der Waals surface area contributed by atoms with Gasteiger partial charge in [0.25, 0.3) is 5.91 Å². The second-order valence-electron chi connectivity index (χ2n) is 4.89. The molecule has 4 nitrogen and oxygen atoms in total. The summed E-state index contributed by atoms with van der Waals surface area (Å²) in [5, 5.41) is 4.05. The van der Waals surface area contributed by atoms with Crippen LogP contribution >= 0.6 is 22.9 Å². The summed E-state index contributed by atoms with van der Waals surface area (Å²) in [6.07, 6.45) is 0. The molecule has 0 bridgehead atoms. The van der Waals surface area contributed by atoms with Crippen LogP contribution in [-0.4, -0.2) is 18.2 Å². The lowest BCUT2D eigenvalue weighted by Gasteiger charge is -2.09.